The molecule has 138 valence electrons. The van der Waals surface area contributed by atoms with E-state index in [2.05, 4.69) is 10.6 Å². The summed E-state index contributed by atoms with van der Waals surface area (Å²) >= 11 is 6.07. The van der Waals surface area contributed by atoms with E-state index in [0.29, 0.717) is 33.1 Å². The van der Waals surface area contributed by atoms with Crippen LogP contribution in [0.15, 0.2) is 66.7 Å². The van der Waals surface area contributed by atoms with E-state index < -0.39 is 0 Å². The number of rotatable bonds is 4. The van der Waals surface area contributed by atoms with Gasteiger partial charge in [0.05, 0.1) is 11.3 Å². The Morgan fingerprint density at radius 3 is 2.11 bits per heavy atom. The maximum atomic E-state index is 12.4. The van der Waals surface area contributed by atoms with E-state index in [-0.39, 0.29) is 11.8 Å². The standard InChI is InChI=1S/C22H16ClN3O2/c1-14-6-11-18(12-19(14)23)25-21(27)15-7-9-16(10-8-15)22(28)26-20-5-3-2-4-17(20)13-24/h2-12H,1H3,(H,25,27)(H,26,28). The Labute approximate surface area is 167 Å². The first-order chi connectivity index (χ1) is 13.5. The molecule has 28 heavy (non-hydrogen) atoms. The van der Waals surface area contributed by atoms with Gasteiger partial charge in [-0.25, -0.2) is 0 Å². The van der Waals surface area contributed by atoms with Crippen LogP contribution in [-0.2, 0) is 0 Å². The second-order valence-corrected chi connectivity index (χ2v) is 6.51. The van der Waals surface area contributed by atoms with Crippen molar-refractivity contribution in [3.05, 3.63) is 94.0 Å². The van der Waals surface area contributed by atoms with Gasteiger partial charge in [-0.3, -0.25) is 9.59 Å². The molecule has 0 fully saturated rings. The average molecular weight is 390 g/mol. The lowest BCUT2D eigenvalue weighted by Gasteiger charge is -2.09. The summed E-state index contributed by atoms with van der Waals surface area (Å²) in [5.41, 5.74) is 3.12. The van der Waals surface area contributed by atoms with E-state index in [1.807, 2.05) is 19.1 Å². The van der Waals surface area contributed by atoms with E-state index >= 15 is 0 Å². The number of amides is 2. The van der Waals surface area contributed by atoms with Crippen molar-refractivity contribution in [2.24, 2.45) is 0 Å². The number of anilines is 2. The van der Waals surface area contributed by atoms with Crippen LogP contribution in [0.2, 0.25) is 5.02 Å². The number of hydrogen-bond acceptors (Lipinski definition) is 3. The van der Waals surface area contributed by atoms with Crippen LogP contribution >= 0.6 is 11.6 Å². The Kier molecular flexibility index (Phi) is 5.73. The van der Waals surface area contributed by atoms with E-state index in [4.69, 9.17) is 16.9 Å². The fraction of sp³-hybridized carbons (Fsp3) is 0.0455. The molecular formula is C22H16ClN3O2. The maximum absolute atomic E-state index is 12.4. The third-order valence-electron chi connectivity index (χ3n) is 4.13. The van der Waals surface area contributed by atoms with Crippen molar-refractivity contribution >= 4 is 34.8 Å². The molecule has 0 aliphatic carbocycles. The van der Waals surface area contributed by atoms with Crippen molar-refractivity contribution in [3.63, 3.8) is 0 Å². The molecule has 3 aromatic carbocycles. The Morgan fingerprint density at radius 2 is 1.50 bits per heavy atom. The smallest absolute Gasteiger partial charge is 0.255 e. The molecule has 5 nitrogen and oxygen atoms in total. The SMILES string of the molecule is Cc1ccc(NC(=O)c2ccc(C(=O)Nc3ccccc3C#N)cc2)cc1Cl. The Hall–Kier alpha value is -3.62. The zero-order valence-corrected chi connectivity index (χ0v) is 15.7. The van der Waals surface area contributed by atoms with Gasteiger partial charge in [-0.05, 0) is 61.0 Å². The number of hydrogen-bond donors (Lipinski definition) is 2. The van der Waals surface area contributed by atoms with Crippen LogP contribution in [0.3, 0.4) is 0 Å². The molecule has 2 amide bonds. The van der Waals surface area contributed by atoms with Gasteiger partial charge in [0.2, 0.25) is 0 Å². The van der Waals surface area contributed by atoms with Crippen LogP contribution in [-0.4, -0.2) is 11.8 Å². The zero-order chi connectivity index (χ0) is 20.1. The van der Waals surface area contributed by atoms with Crippen molar-refractivity contribution in [3.8, 4) is 6.07 Å². The third kappa shape index (κ3) is 4.37. The molecule has 2 N–H and O–H groups in total. The Balaban J connectivity index is 1.70. The quantitative estimate of drug-likeness (QED) is 0.656. The van der Waals surface area contributed by atoms with Crippen molar-refractivity contribution in [2.75, 3.05) is 10.6 Å². The third-order valence-corrected chi connectivity index (χ3v) is 4.54. The number of nitriles is 1. The second kappa shape index (κ2) is 8.38. The predicted octanol–water partition coefficient (Wildman–Crippen LogP) is 5.02. The first-order valence-corrected chi connectivity index (χ1v) is 8.84. The largest absolute Gasteiger partial charge is 0.322 e. The molecule has 0 saturated heterocycles. The fourth-order valence-corrected chi connectivity index (χ4v) is 2.71. The minimum atomic E-state index is -0.361. The number of benzene rings is 3. The van der Waals surface area contributed by atoms with Crippen LogP contribution in [0.25, 0.3) is 0 Å². The van der Waals surface area contributed by atoms with E-state index in [9.17, 15) is 9.59 Å². The summed E-state index contributed by atoms with van der Waals surface area (Å²) in [7, 11) is 0. The Morgan fingerprint density at radius 1 is 0.893 bits per heavy atom. The van der Waals surface area contributed by atoms with Crippen LogP contribution < -0.4 is 10.6 Å². The van der Waals surface area contributed by atoms with Crippen LogP contribution in [0.4, 0.5) is 11.4 Å². The highest BCUT2D eigenvalue weighted by molar-refractivity contribution is 6.31. The summed E-state index contributed by atoms with van der Waals surface area (Å²) in [6.45, 7) is 1.88. The summed E-state index contributed by atoms with van der Waals surface area (Å²) in [6.07, 6.45) is 0. The number of carbonyl (C=O) groups excluding carboxylic acids is 2. The minimum Gasteiger partial charge on any atom is -0.322 e. The summed E-state index contributed by atoms with van der Waals surface area (Å²) in [4.78, 5) is 24.8. The summed E-state index contributed by atoms with van der Waals surface area (Å²) in [5.74, 6) is -0.665. The van der Waals surface area contributed by atoms with Gasteiger partial charge in [-0.2, -0.15) is 5.26 Å². The van der Waals surface area contributed by atoms with Crippen molar-refractivity contribution in [2.45, 2.75) is 6.92 Å². The summed E-state index contributed by atoms with van der Waals surface area (Å²) < 4.78 is 0. The van der Waals surface area contributed by atoms with Gasteiger partial charge in [-0.15, -0.1) is 0 Å². The van der Waals surface area contributed by atoms with Crippen molar-refractivity contribution < 1.29 is 9.59 Å². The highest BCUT2D eigenvalue weighted by Crippen LogP contribution is 2.21. The minimum absolute atomic E-state index is 0.304. The molecule has 0 aromatic heterocycles. The van der Waals surface area contributed by atoms with Gasteiger partial charge in [0.15, 0.2) is 0 Å². The molecule has 0 spiro atoms. The van der Waals surface area contributed by atoms with Gasteiger partial charge >= 0.3 is 0 Å². The molecule has 0 radical (unpaired) electrons. The number of aryl methyl sites for hydroxylation is 1. The van der Waals surface area contributed by atoms with Gasteiger partial charge in [0.25, 0.3) is 11.8 Å². The second-order valence-electron chi connectivity index (χ2n) is 6.11. The van der Waals surface area contributed by atoms with Crippen molar-refractivity contribution in [1.82, 2.24) is 0 Å². The first kappa shape index (κ1) is 19.2. The molecule has 0 aliphatic rings. The lowest BCUT2D eigenvalue weighted by molar-refractivity contribution is 0.101. The van der Waals surface area contributed by atoms with Gasteiger partial charge < -0.3 is 10.6 Å². The van der Waals surface area contributed by atoms with Crippen LogP contribution in [0.5, 0.6) is 0 Å². The maximum Gasteiger partial charge on any atom is 0.255 e. The zero-order valence-electron chi connectivity index (χ0n) is 15.0. The first-order valence-electron chi connectivity index (χ1n) is 8.46. The van der Waals surface area contributed by atoms with E-state index in [1.54, 1.807) is 60.7 Å². The van der Waals surface area contributed by atoms with Gasteiger partial charge in [-0.1, -0.05) is 29.8 Å². The monoisotopic (exact) mass is 389 g/mol. The number of carbonyl (C=O) groups is 2. The number of para-hydroxylation sites is 1. The van der Waals surface area contributed by atoms with E-state index in [0.717, 1.165) is 5.56 Å². The summed E-state index contributed by atoms with van der Waals surface area (Å²) in [6, 6.07) is 20.3. The molecule has 0 heterocycles. The molecule has 3 aromatic rings. The van der Waals surface area contributed by atoms with Gasteiger partial charge in [0.1, 0.15) is 6.07 Å². The number of nitrogens with one attached hydrogen (secondary N) is 2. The summed E-state index contributed by atoms with van der Waals surface area (Å²) in [5, 5.41) is 15.1. The van der Waals surface area contributed by atoms with Crippen LogP contribution in [0, 0.1) is 18.3 Å². The fourth-order valence-electron chi connectivity index (χ4n) is 2.53. The molecule has 0 saturated carbocycles. The van der Waals surface area contributed by atoms with Gasteiger partial charge in [0, 0.05) is 21.8 Å². The molecular weight excluding hydrogens is 374 g/mol. The topological polar surface area (TPSA) is 82.0 Å². The van der Waals surface area contributed by atoms with E-state index in [1.165, 1.54) is 0 Å². The predicted molar refractivity (Wildman–Crippen MR) is 110 cm³/mol. The molecule has 0 unspecified atom stereocenters. The Bertz CT molecular complexity index is 1090. The highest BCUT2D eigenvalue weighted by Gasteiger charge is 2.11. The lowest BCUT2D eigenvalue weighted by atomic mass is 10.1. The lowest BCUT2D eigenvalue weighted by Crippen LogP contribution is -2.15. The van der Waals surface area contributed by atoms with Crippen LogP contribution in [0.1, 0.15) is 31.8 Å². The molecule has 0 atom stereocenters. The number of halogens is 1. The highest BCUT2D eigenvalue weighted by atomic mass is 35.5. The normalized spacial score (nSPS) is 10.0. The number of nitrogens with zero attached hydrogens (tertiary/aromatic N) is 1. The molecule has 6 heteroatoms. The molecule has 0 bridgehead atoms. The molecule has 3 rings (SSSR count). The van der Waals surface area contributed by atoms with Crippen molar-refractivity contribution in [1.29, 1.82) is 5.26 Å². The average Bonchev–Trinajstić information content (AvgIpc) is 2.71. The molecule has 0 aliphatic heterocycles.